The predicted molar refractivity (Wildman–Crippen MR) is 89.1 cm³/mol. The summed E-state index contributed by atoms with van der Waals surface area (Å²) in [5.74, 6) is 0. The second-order valence-electron chi connectivity index (χ2n) is 6.67. The molecule has 2 heteroatoms. The lowest BCUT2D eigenvalue weighted by Gasteiger charge is -2.29. The third-order valence-electron chi connectivity index (χ3n) is 3.51. The third-order valence-corrected chi connectivity index (χ3v) is 4.21. The fourth-order valence-electron chi connectivity index (χ4n) is 2.49. The fraction of sp³-hybridized carbons (Fsp3) is 0.444. The Morgan fingerprint density at radius 1 is 1.05 bits per heavy atom. The molecule has 2 rings (SSSR count). The van der Waals surface area contributed by atoms with Gasteiger partial charge in [-0.1, -0.05) is 51.1 Å². The monoisotopic (exact) mass is 287 g/mol. The van der Waals surface area contributed by atoms with E-state index in [-0.39, 0.29) is 0 Å². The zero-order chi connectivity index (χ0) is 14.6. The van der Waals surface area contributed by atoms with Gasteiger partial charge in [0.25, 0.3) is 0 Å². The summed E-state index contributed by atoms with van der Waals surface area (Å²) in [6, 6.07) is 13.8. The molecule has 1 N–H and O–H groups in total. The lowest BCUT2D eigenvalue weighted by molar-refractivity contribution is 0.297. The highest BCUT2D eigenvalue weighted by Crippen LogP contribution is 2.31. The first-order valence-corrected chi connectivity index (χ1v) is 8.23. The quantitative estimate of drug-likeness (QED) is 0.757. The maximum absolute atomic E-state index is 3.80. The van der Waals surface area contributed by atoms with Crippen LogP contribution in [0.4, 0.5) is 0 Å². The van der Waals surface area contributed by atoms with Gasteiger partial charge in [0, 0.05) is 12.1 Å². The molecule has 20 heavy (non-hydrogen) atoms. The molecule has 0 aliphatic heterocycles. The molecule has 1 nitrogen and oxygen atoms in total. The third kappa shape index (κ3) is 4.46. The first-order chi connectivity index (χ1) is 9.46. The summed E-state index contributed by atoms with van der Waals surface area (Å²) >= 11 is 1.76. The molecule has 0 aliphatic carbocycles. The van der Waals surface area contributed by atoms with Crippen LogP contribution in [0.5, 0.6) is 0 Å². The smallest absolute Gasteiger partial charge is 0.0330 e. The van der Waals surface area contributed by atoms with Gasteiger partial charge < -0.3 is 5.32 Å². The van der Waals surface area contributed by atoms with Crippen LogP contribution in [0.2, 0.25) is 0 Å². The van der Waals surface area contributed by atoms with Gasteiger partial charge in [0.15, 0.2) is 0 Å². The first-order valence-electron chi connectivity index (χ1n) is 7.29. The lowest BCUT2D eigenvalue weighted by Crippen LogP contribution is -2.28. The second kappa shape index (κ2) is 6.55. The fourth-order valence-corrected chi connectivity index (χ4v) is 3.24. The van der Waals surface area contributed by atoms with E-state index < -0.39 is 0 Å². The number of nitrogens with one attached hydrogen (secondary N) is 1. The maximum Gasteiger partial charge on any atom is 0.0330 e. The van der Waals surface area contributed by atoms with Crippen molar-refractivity contribution in [2.75, 3.05) is 0 Å². The Morgan fingerprint density at radius 3 is 2.30 bits per heavy atom. The van der Waals surface area contributed by atoms with Crippen molar-refractivity contribution in [3.05, 3.63) is 58.3 Å². The molecule has 0 saturated heterocycles. The molecule has 2 atom stereocenters. The van der Waals surface area contributed by atoms with Crippen molar-refractivity contribution in [1.29, 1.82) is 0 Å². The molecule has 2 unspecified atom stereocenters. The molecule has 108 valence electrons. The van der Waals surface area contributed by atoms with Crippen molar-refractivity contribution in [2.45, 2.75) is 46.2 Å². The Morgan fingerprint density at radius 2 is 1.75 bits per heavy atom. The van der Waals surface area contributed by atoms with Gasteiger partial charge in [-0.15, -0.1) is 0 Å². The van der Waals surface area contributed by atoms with E-state index in [1.54, 1.807) is 11.3 Å². The van der Waals surface area contributed by atoms with Crippen molar-refractivity contribution in [1.82, 2.24) is 5.32 Å². The Bertz CT molecular complexity index is 496. The number of benzene rings is 1. The Labute approximate surface area is 127 Å². The van der Waals surface area contributed by atoms with E-state index in [0.29, 0.717) is 17.5 Å². The molecule has 0 radical (unpaired) electrons. The average Bonchev–Trinajstić information content (AvgIpc) is 2.91. The topological polar surface area (TPSA) is 12.0 Å². The molecule has 1 aromatic heterocycles. The van der Waals surface area contributed by atoms with Crippen LogP contribution >= 0.6 is 11.3 Å². The van der Waals surface area contributed by atoms with Crippen molar-refractivity contribution in [3.8, 4) is 0 Å². The average molecular weight is 287 g/mol. The van der Waals surface area contributed by atoms with Crippen molar-refractivity contribution in [3.63, 3.8) is 0 Å². The largest absolute Gasteiger partial charge is 0.303 e. The van der Waals surface area contributed by atoms with E-state index >= 15 is 0 Å². The molecule has 2 aromatic rings. The van der Waals surface area contributed by atoms with Crippen LogP contribution in [0.15, 0.2) is 47.2 Å². The molecular formula is C18H25NS. The molecule has 0 bridgehead atoms. The van der Waals surface area contributed by atoms with Gasteiger partial charge >= 0.3 is 0 Å². The zero-order valence-corrected chi connectivity index (χ0v) is 13.7. The number of hydrogen-bond acceptors (Lipinski definition) is 2. The van der Waals surface area contributed by atoms with Crippen LogP contribution < -0.4 is 5.32 Å². The molecule has 1 aromatic carbocycles. The summed E-state index contributed by atoms with van der Waals surface area (Å²) in [6.07, 6.45) is 1.13. The first kappa shape index (κ1) is 15.3. The van der Waals surface area contributed by atoms with Crippen LogP contribution in [-0.2, 0) is 0 Å². The molecule has 0 fully saturated rings. The lowest BCUT2D eigenvalue weighted by atomic mass is 9.85. The second-order valence-corrected chi connectivity index (χ2v) is 7.45. The molecule has 0 amide bonds. The highest BCUT2D eigenvalue weighted by atomic mass is 32.1. The summed E-state index contributed by atoms with van der Waals surface area (Å²) in [5, 5.41) is 8.18. The van der Waals surface area contributed by atoms with Crippen molar-refractivity contribution < 1.29 is 0 Å². The van der Waals surface area contributed by atoms with Crippen LogP contribution in [-0.4, -0.2) is 0 Å². The molecule has 0 spiro atoms. The van der Waals surface area contributed by atoms with Crippen LogP contribution in [0.25, 0.3) is 0 Å². The maximum atomic E-state index is 3.80. The highest BCUT2D eigenvalue weighted by molar-refractivity contribution is 7.07. The van der Waals surface area contributed by atoms with E-state index in [4.69, 9.17) is 0 Å². The SMILES string of the molecule is CC(NC(CC(C)(C)C)c1ccccc1)c1ccsc1. The molecule has 0 aliphatic rings. The number of rotatable bonds is 5. The van der Waals surface area contributed by atoms with E-state index in [1.165, 1.54) is 11.1 Å². The van der Waals surface area contributed by atoms with Gasteiger partial charge in [-0.2, -0.15) is 11.3 Å². The minimum atomic E-state index is 0.307. The van der Waals surface area contributed by atoms with Gasteiger partial charge in [0.2, 0.25) is 0 Å². The van der Waals surface area contributed by atoms with E-state index in [0.717, 1.165) is 6.42 Å². The van der Waals surface area contributed by atoms with Gasteiger partial charge in [-0.3, -0.25) is 0 Å². The molecular weight excluding hydrogens is 262 g/mol. The molecule has 1 heterocycles. The number of hydrogen-bond donors (Lipinski definition) is 1. The highest BCUT2D eigenvalue weighted by Gasteiger charge is 2.22. The van der Waals surface area contributed by atoms with Crippen LogP contribution in [0, 0.1) is 5.41 Å². The van der Waals surface area contributed by atoms with Gasteiger partial charge in [0.05, 0.1) is 0 Å². The predicted octanol–water partition coefficient (Wildman–Crippen LogP) is 5.58. The van der Waals surface area contributed by atoms with E-state index in [9.17, 15) is 0 Å². The van der Waals surface area contributed by atoms with E-state index in [1.807, 2.05) is 0 Å². The van der Waals surface area contributed by atoms with Crippen molar-refractivity contribution >= 4 is 11.3 Å². The summed E-state index contributed by atoms with van der Waals surface area (Å²) in [4.78, 5) is 0. The Balaban J connectivity index is 2.15. The summed E-state index contributed by atoms with van der Waals surface area (Å²) in [6.45, 7) is 9.17. The zero-order valence-electron chi connectivity index (χ0n) is 12.9. The minimum Gasteiger partial charge on any atom is -0.303 e. The Kier molecular flexibility index (Phi) is 5.00. The minimum absolute atomic E-state index is 0.307. The number of thiophene rings is 1. The van der Waals surface area contributed by atoms with Gasteiger partial charge in [-0.05, 0) is 46.7 Å². The molecule has 0 saturated carbocycles. The van der Waals surface area contributed by atoms with Gasteiger partial charge in [0.1, 0.15) is 0 Å². The standard InChI is InChI=1S/C18H25NS/c1-14(16-10-11-20-13-16)19-17(12-18(2,3)4)15-8-6-5-7-9-15/h5-11,13-14,17,19H,12H2,1-4H3. The normalized spacial score (nSPS) is 15.0. The van der Waals surface area contributed by atoms with Crippen LogP contribution in [0.3, 0.4) is 0 Å². The van der Waals surface area contributed by atoms with Crippen LogP contribution in [0.1, 0.15) is 57.3 Å². The summed E-state index contributed by atoms with van der Waals surface area (Å²) in [7, 11) is 0. The van der Waals surface area contributed by atoms with Gasteiger partial charge in [-0.25, -0.2) is 0 Å². The summed E-state index contributed by atoms with van der Waals surface area (Å²) < 4.78 is 0. The Hall–Kier alpha value is -1.12. The summed E-state index contributed by atoms with van der Waals surface area (Å²) in [5.41, 5.74) is 3.07. The van der Waals surface area contributed by atoms with Crippen molar-refractivity contribution in [2.24, 2.45) is 5.41 Å². The van der Waals surface area contributed by atoms with E-state index in [2.05, 4.69) is 80.2 Å².